The third-order valence-electron chi connectivity index (χ3n) is 9.50. The van der Waals surface area contributed by atoms with E-state index in [4.69, 9.17) is 32.9 Å². The summed E-state index contributed by atoms with van der Waals surface area (Å²) < 4.78 is 0. The van der Waals surface area contributed by atoms with Gasteiger partial charge in [-0.2, -0.15) is 0 Å². The SMILES string of the molecule is Cc1ccc(N)c(N=Cc2cccc(C=NC3C=CC(C(C)c4ccc(N)c(N=Cc5cccc(C=Nc6cc(C(C)C)ccc6N)c5)c4)=CC3N)c2)c1. The molecule has 0 spiro atoms. The molecule has 5 aromatic carbocycles. The Morgan fingerprint density at radius 1 is 0.574 bits per heavy atom. The summed E-state index contributed by atoms with van der Waals surface area (Å²) in [5.74, 6) is 0.471. The van der Waals surface area contributed by atoms with Crippen molar-refractivity contribution in [1.82, 2.24) is 0 Å². The van der Waals surface area contributed by atoms with E-state index in [1.807, 2.05) is 135 Å². The minimum Gasteiger partial charge on any atom is -0.397 e. The topological polar surface area (TPSA) is 154 Å². The lowest BCUT2D eigenvalue weighted by molar-refractivity contribution is 0.688. The van der Waals surface area contributed by atoms with Crippen molar-refractivity contribution in [2.45, 2.75) is 51.6 Å². The Morgan fingerprint density at radius 2 is 1.06 bits per heavy atom. The van der Waals surface area contributed by atoms with Crippen LogP contribution in [0.3, 0.4) is 0 Å². The highest BCUT2D eigenvalue weighted by molar-refractivity contribution is 5.90. The maximum atomic E-state index is 6.64. The van der Waals surface area contributed by atoms with Gasteiger partial charge in [-0.05, 0) is 106 Å². The number of hydrogen-bond donors (Lipinski definition) is 4. The summed E-state index contributed by atoms with van der Waals surface area (Å²) in [7, 11) is 0. The van der Waals surface area contributed by atoms with E-state index in [0.717, 1.165) is 50.3 Å². The molecule has 8 heteroatoms. The Hall–Kier alpha value is -6.38. The lowest BCUT2D eigenvalue weighted by atomic mass is 9.87. The van der Waals surface area contributed by atoms with Gasteiger partial charge in [-0.3, -0.25) is 20.0 Å². The van der Waals surface area contributed by atoms with Crippen molar-refractivity contribution in [1.29, 1.82) is 0 Å². The van der Waals surface area contributed by atoms with Crippen LogP contribution in [-0.4, -0.2) is 36.9 Å². The molecule has 3 atom stereocenters. The zero-order valence-electron chi connectivity index (χ0n) is 31.3. The van der Waals surface area contributed by atoms with Gasteiger partial charge in [-0.1, -0.05) is 93.6 Å². The predicted octanol–water partition coefficient (Wildman–Crippen LogP) is 9.53. The van der Waals surface area contributed by atoms with Crippen molar-refractivity contribution in [2.24, 2.45) is 25.7 Å². The van der Waals surface area contributed by atoms with E-state index in [2.05, 4.69) is 49.0 Å². The maximum absolute atomic E-state index is 6.64. The van der Waals surface area contributed by atoms with Crippen LogP contribution in [0, 0.1) is 6.92 Å². The van der Waals surface area contributed by atoms with Crippen LogP contribution < -0.4 is 22.9 Å². The number of hydrogen-bond acceptors (Lipinski definition) is 8. The van der Waals surface area contributed by atoms with E-state index >= 15 is 0 Å². The van der Waals surface area contributed by atoms with Gasteiger partial charge in [0.1, 0.15) is 0 Å². The van der Waals surface area contributed by atoms with Crippen molar-refractivity contribution in [3.63, 3.8) is 0 Å². The van der Waals surface area contributed by atoms with Gasteiger partial charge >= 0.3 is 0 Å². The third kappa shape index (κ3) is 9.53. The molecule has 0 saturated carbocycles. The van der Waals surface area contributed by atoms with Gasteiger partial charge in [-0.25, -0.2) is 0 Å². The van der Waals surface area contributed by atoms with E-state index < -0.39 is 0 Å². The van der Waals surface area contributed by atoms with Gasteiger partial charge in [0.25, 0.3) is 0 Å². The van der Waals surface area contributed by atoms with E-state index in [9.17, 15) is 0 Å². The summed E-state index contributed by atoms with van der Waals surface area (Å²) in [5, 5.41) is 0. The second kappa shape index (κ2) is 17.0. The second-order valence-electron chi connectivity index (χ2n) is 14.1. The fraction of sp³-hybridized carbons (Fsp3) is 0.174. The van der Waals surface area contributed by atoms with E-state index in [1.165, 1.54) is 5.56 Å². The second-order valence-corrected chi connectivity index (χ2v) is 14.1. The summed E-state index contributed by atoms with van der Waals surface area (Å²) >= 11 is 0. The normalized spacial score (nSPS) is 16.7. The standard InChI is InChI=1S/C46H48N8/c1-29(2)36-12-16-40(48)45(23-36)53-27-34-9-6-10-35(21-34)28-54-46-24-38(13-17-41(46)49)31(4)37-14-18-43(42(50)22-37)51-25-32-7-5-8-33(20-32)26-52-44-19-30(3)11-15-39(44)47/h5-29,31,42-43H,47-50H2,1-4H3. The molecule has 1 aliphatic carbocycles. The minimum absolute atomic E-state index is 0.0753. The summed E-state index contributed by atoms with van der Waals surface area (Å²) in [6, 6.07) is 33.4. The maximum Gasteiger partial charge on any atom is 0.0870 e. The van der Waals surface area contributed by atoms with Crippen LogP contribution in [0.1, 0.15) is 71.6 Å². The quantitative estimate of drug-likeness (QED) is 0.0796. The molecule has 0 aromatic heterocycles. The molecule has 54 heavy (non-hydrogen) atoms. The number of benzene rings is 5. The van der Waals surface area contributed by atoms with Gasteiger partial charge in [-0.15, -0.1) is 0 Å². The summed E-state index contributed by atoms with van der Waals surface area (Å²) in [6.07, 6.45) is 13.6. The summed E-state index contributed by atoms with van der Waals surface area (Å²) in [5.41, 5.74) is 37.8. The van der Waals surface area contributed by atoms with Crippen LogP contribution in [0.15, 0.2) is 147 Å². The number of allylic oxidation sites excluding steroid dienone is 2. The lowest BCUT2D eigenvalue weighted by Crippen LogP contribution is -2.32. The van der Waals surface area contributed by atoms with Gasteiger partial charge in [0.2, 0.25) is 0 Å². The number of nitrogen functional groups attached to an aromatic ring is 3. The Bertz CT molecular complexity index is 2310. The van der Waals surface area contributed by atoms with Gasteiger partial charge < -0.3 is 22.9 Å². The number of aliphatic imine (C=N–C) groups is 4. The zero-order valence-corrected chi connectivity index (χ0v) is 31.3. The van der Waals surface area contributed by atoms with Crippen LogP contribution in [0.25, 0.3) is 0 Å². The number of nitrogens with two attached hydrogens (primary N) is 4. The fourth-order valence-electron chi connectivity index (χ4n) is 6.13. The highest BCUT2D eigenvalue weighted by Gasteiger charge is 2.20. The fourth-order valence-corrected chi connectivity index (χ4v) is 6.13. The first-order valence-electron chi connectivity index (χ1n) is 18.2. The third-order valence-corrected chi connectivity index (χ3v) is 9.50. The molecule has 6 rings (SSSR count). The Balaban J connectivity index is 1.10. The first kappa shape index (κ1) is 37.4. The van der Waals surface area contributed by atoms with Crippen LogP contribution in [0.4, 0.5) is 34.1 Å². The van der Waals surface area contributed by atoms with Crippen LogP contribution in [0.2, 0.25) is 0 Å². The van der Waals surface area contributed by atoms with E-state index in [1.54, 1.807) is 0 Å². The molecular weight excluding hydrogens is 665 g/mol. The number of nitrogens with zero attached hydrogens (tertiary/aromatic N) is 4. The average molecular weight is 713 g/mol. The molecule has 3 unspecified atom stereocenters. The number of rotatable bonds is 11. The lowest BCUT2D eigenvalue weighted by Gasteiger charge is -2.23. The molecule has 0 fully saturated rings. The van der Waals surface area contributed by atoms with Crippen molar-refractivity contribution in [3.8, 4) is 0 Å². The van der Waals surface area contributed by atoms with Crippen LogP contribution in [0.5, 0.6) is 0 Å². The predicted molar refractivity (Wildman–Crippen MR) is 231 cm³/mol. The molecule has 0 saturated heterocycles. The smallest absolute Gasteiger partial charge is 0.0870 e. The molecule has 272 valence electrons. The Morgan fingerprint density at radius 3 is 1.59 bits per heavy atom. The van der Waals surface area contributed by atoms with Crippen LogP contribution >= 0.6 is 0 Å². The molecule has 5 aromatic rings. The monoisotopic (exact) mass is 712 g/mol. The van der Waals surface area contributed by atoms with Crippen molar-refractivity contribution >= 4 is 59.0 Å². The zero-order chi connectivity index (χ0) is 38.2. The molecule has 0 heterocycles. The van der Waals surface area contributed by atoms with Crippen molar-refractivity contribution in [3.05, 3.63) is 166 Å². The average Bonchev–Trinajstić information content (AvgIpc) is 3.17. The molecule has 1 aliphatic rings. The molecule has 0 amide bonds. The van der Waals surface area contributed by atoms with Gasteiger partial charge in [0.15, 0.2) is 0 Å². The summed E-state index contributed by atoms with van der Waals surface area (Å²) in [6.45, 7) is 8.49. The number of anilines is 3. The Kier molecular flexibility index (Phi) is 11.7. The molecular formula is C46H48N8. The largest absolute Gasteiger partial charge is 0.397 e. The minimum atomic E-state index is -0.268. The first-order valence-corrected chi connectivity index (χ1v) is 18.2. The van der Waals surface area contributed by atoms with Crippen LogP contribution in [-0.2, 0) is 0 Å². The Labute approximate surface area is 318 Å². The van der Waals surface area contributed by atoms with Gasteiger partial charge in [0.05, 0.1) is 40.2 Å². The highest BCUT2D eigenvalue weighted by Crippen LogP contribution is 2.33. The molecule has 0 aliphatic heterocycles. The number of aryl methyl sites for hydroxylation is 1. The molecule has 0 bridgehead atoms. The molecule has 8 nitrogen and oxygen atoms in total. The van der Waals surface area contributed by atoms with Gasteiger partial charge in [0, 0.05) is 36.8 Å². The van der Waals surface area contributed by atoms with Crippen molar-refractivity contribution in [2.75, 3.05) is 17.2 Å². The first-order chi connectivity index (χ1) is 26.0. The van der Waals surface area contributed by atoms with E-state index in [-0.39, 0.29) is 18.0 Å². The van der Waals surface area contributed by atoms with E-state index in [0.29, 0.717) is 28.7 Å². The van der Waals surface area contributed by atoms with Crippen molar-refractivity contribution < 1.29 is 0 Å². The highest BCUT2D eigenvalue weighted by atomic mass is 14.8. The molecule has 0 radical (unpaired) electrons. The summed E-state index contributed by atoms with van der Waals surface area (Å²) in [4.78, 5) is 18.9. The molecule has 8 N–H and O–H groups in total.